The number of nitrogens with zero attached hydrogens (tertiary/aromatic N) is 2. The summed E-state index contributed by atoms with van der Waals surface area (Å²) in [5, 5.41) is 10.8. The molecule has 2 aliphatic heterocycles. The van der Waals surface area contributed by atoms with E-state index < -0.39 is 14.6 Å². The van der Waals surface area contributed by atoms with E-state index in [9.17, 15) is 14.4 Å². The molecule has 260 valence electrons. The maximum atomic E-state index is 13.3. The van der Waals surface area contributed by atoms with Crippen LogP contribution in [0.25, 0.3) is 0 Å². The zero-order chi connectivity index (χ0) is 34.6. The molecule has 11 nitrogen and oxygen atoms in total. The smallest absolute Gasteiger partial charge is 0.325 e. The Hall–Kier alpha value is -1.79. The largest absolute Gasteiger partial charge is 0.394 e. The summed E-state index contributed by atoms with van der Waals surface area (Å²) in [6.07, 6.45) is 3.16. The summed E-state index contributed by atoms with van der Waals surface area (Å²) < 4.78 is 26.6. The summed E-state index contributed by atoms with van der Waals surface area (Å²) in [5.41, 5.74) is 1.66. The van der Waals surface area contributed by atoms with Crippen molar-refractivity contribution in [1.29, 1.82) is 1.43 Å². The van der Waals surface area contributed by atoms with Gasteiger partial charge in [-0.05, 0) is 56.2 Å². The number of urea groups is 1. The van der Waals surface area contributed by atoms with E-state index >= 15 is 0 Å². The Bertz CT molecular complexity index is 1140. The normalized spacial score (nSPS) is 21.3. The third-order valence-corrected chi connectivity index (χ3v) is 11.7. The molecule has 0 spiro atoms. The van der Waals surface area contributed by atoms with Crippen molar-refractivity contribution in [2.75, 3.05) is 45.8 Å². The zero-order valence-electron chi connectivity index (χ0n) is 29.6. The van der Waals surface area contributed by atoms with Crippen LogP contribution in [0.5, 0.6) is 0 Å². The minimum atomic E-state index is -1.28. The van der Waals surface area contributed by atoms with Crippen molar-refractivity contribution < 1.29 is 33.3 Å². The predicted octanol–water partition coefficient (Wildman–Crippen LogP) is 5.07. The molecule has 2 saturated heterocycles. The fourth-order valence-corrected chi connectivity index (χ4v) is 8.66. The lowest BCUT2D eigenvalue weighted by Gasteiger charge is -2.32. The number of aliphatic hydroxyl groups is 1. The molecule has 3 unspecified atom stereocenters. The van der Waals surface area contributed by atoms with Crippen LogP contribution in [0.4, 0.5) is 4.79 Å². The summed E-state index contributed by atoms with van der Waals surface area (Å²) in [5.74, 6) is 0.474. The molecule has 5 atom stereocenters. The molecule has 0 aromatic heterocycles. The van der Waals surface area contributed by atoms with E-state index in [-0.39, 0.29) is 59.8 Å². The average Bonchev–Trinajstić information content (AvgIpc) is 3.57. The lowest BCUT2D eigenvalue weighted by atomic mass is 9.86. The van der Waals surface area contributed by atoms with Crippen LogP contribution < -0.4 is 10.6 Å². The SMILES string of the molecule is [2H]OCC(COCCCNC(=O)CCCCC1SC[C@H]2[C@@H]1NC(=O)N2C(=O)c1ccc(C(C)(C)C)cc1)OP(OC)N(CC)C(C)C. The van der Waals surface area contributed by atoms with E-state index in [4.69, 9.17) is 15.2 Å². The lowest BCUT2D eigenvalue weighted by molar-refractivity contribution is -0.121. The van der Waals surface area contributed by atoms with Gasteiger partial charge in [0.15, 0.2) is 0 Å². The fourth-order valence-electron chi connectivity index (χ4n) is 5.67. The maximum absolute atomic E-state index is 13.3. The van der Waals surface area contributed by atoms with Gasteiger partial charge in [-0.3, -0.25) is 14.5 Å². The number of rotatable bonds is 20. The highest BCUT2D eigenvalue weighted by Gasteiger charge is 2.50. The van der Waals surface area contributed by atoms with Gasteiger partial charge in [0.1, 0.15) is 6.10 Å². The van der Waals surface area contributed by atoms with Crippen molar-refractivity contribution in [3.63, 3.8) is 0 Å². The Morgan fingerprint density at radius 3 is 2.61 bits per heavy atom. The number of fused-ring (bicyclic) bond motifs is 1. The second-order valence-electron chi connectivity index (χ2n) is 13.1. The minimum absolute atomic E-state index is 0.00765. The number of nitrogens with one attached hydrogen (secondary N) is 2. The Balaban J connectivity index is 1.31. The number of carbonyl (C=O) groups is 3. The first-order valence-corrected chi connectivity index (χ1v) is 18.6. The van der Waals surface area contributed by atoms with Gasteiger partial charge in [0.2, 0.25) is 7.34 Å². The molecule has 3 rings (SSSR count). The summed E-state index contributed by atoms with van der Waals surface area (Å²) in [7, 11) is 0.329. The highest BCUT2D eigenvalue weighted by molar-refractivity contribution is 8.00. The van der Waals surface area contributed by atoms with Crippen LogP contribution in [0.15, 0.2) is 24.3 Å². The molecule has 2 heterocycles. The molecule has 0 saturated carbocycles. The molecule has 1 aromatic carbocycles. The number of thioether (sulfide) groups is 1. The molecular formula is C33H55N4O7PS. The number of ether oxygens (including phenoxy) is 1. The number of carbonyl (C=O) groups excluding carboxylic acids is 3. The molecule has 2 fully saturated rings. The molecular weight excluding hydrogens is 627 g/mol. The van der Waals surface area contributed by atoms with Crippen molar-refractivity contribution in [3.05, 3.63) is 35.4 Å². The maximum Gasteiger partial charge on any atom is 0.325 e. The number of aliphatic hydroxyl groups excluding tert-OH is 1. The van der Waals surface area contributed by atoms with Crippen molar-refractivity contribution in [1.82, 2.24) is 20.2 Å². The molecule has 1 aromatic rings. The summed E-state index contributed by atoms with van der Waals surface area (Å²) >= 11 is 1.79. The lowest BCUT2D eigenvalue weighted by Crippen LogP contribution is -2.41. The van der Waals surface area contributed by atoms with Crippen molar-refractivity contribution in [2.24, 2.45) is 0 Å². The number of hydrogen-bond acceptors (Lipinski definition) is 9. The highest BCUT2D eigenvalue weighted by atomic mass is 32.2. The van der Waals surface area contributed by atoms with Crippen molar-refractivity contribution >= 4 is 38.1 Å². The van der Waals surface area contributed by atoms with E-state index in [1.54, 1.807) is 18.9 Å². The van der Waals surface area contributed by atoms with Gasteiger partial charge in [-0.1, -0.05) is 46.2 Å². The average molecular weight is 684 g/mol. The topological polar surface area (TPSA) is 130 Å². The van der Waals surface area contributed by atoms with Gasteiger partial charge in [0.25, 0.3) is 14.4 Å². The number of unbranched alkanes of at least 4 members (excludes halogenated alkanes) is 1. The van der Waals surface area contributed by atoms with Crippen LogP contribution in [-0.4, -0.2) is 109 Å². The number of amides is 4. The van der Waals surface area contributed by atoms with Crippen molar-refractivity contribution in [2.45, 2.75) is 109 Å². The molecule has 13 heteroatoms. The first kappa shape index (κ1) is 37.0. The second kappa shape index (κ2) is 18.7. The minimum Gasteiger partial charge on any atom is -0.394 e. The molecule has 0 aliphatic carbocycles. The van der Waals surface area contributed by atoms with Gasteiger partial charge >= 0.3 is 6.03 Å². The Morgan fingerprint density at radius 1 is 1.24 bits per heavy atom. The van der Waals surface area contributed by atoms with Crippen LogP contribution in [0.3, 0.4) is 0 Å². The van der Waals surface area contributed by atoms with E-state index in [1.165, 1.54) is 4.90 Å². The monoisotopic (exact) mass is 683 g/mol. The van der Waals surface area contributed by atoms with Crippen molar-refractivity contribution in [3.8, 4) is 0 Å². The summed E-state index contributed by atoms with van der Waals surface area (Å²) in [6.45, 7) is 14.7. The van der Waals surface area contributed by atoms with E-state index in [0.29, 0.717) is 37.3 Å². The molecule has 46 heavy (non-hydrogen) atoms. The Kier molecular flexibility index (Phi) is 15.0. The van der Waals surface area contributed by atoms with E-state index in [2.05, 4.69) is 55.0 Å². The van der Waals surface area contributed by atoms with Gasteiger partial charge < -0.3 is 29.5 Å². The van der Waals surface area contributed by atoms with Gasteiger partial charge in [-0.15, -0.1) is 0 Å². The van der Waals surface area contributed by atoms with Gasteiger partial charge in [0.05, 0.1) is 25.3 Å². The molecule has 3 N–H and O–H groups in total. The molecule has 4 amide bonds. The van der Waals surface area contributed by atoms with Crippen LogP contribution in [0, 0.1) is 0 Å². The Labute approximate surface area is 282 Å². The first-order valence-electron chi connectivity index (χ1n) is 16.9. The van der Waals surface area contributed by atoms with Gasteiger partial charge in [-0.25, -0.2) is 9.46 Å². The quantitative estimate of drug-likeness (QED) is 0.0981. The van der Waals surface area contributed by atoms with Crippen LogP contribution in [0.2, 0.25) is 0 Å². The van der Waals surface area contributed by atoms with E-state index in [1.807, 2.05) is 31.2 Å². The van der Waals surface area contributed by atoms with Crippen LogP contribution in [0.1, 0.15) is 89.6 Å². The summed E-state index contributed by atoms with van der Waals surface area (Å²) in [6, 6.07) is 7.26. The number of imide groups is 1. The third-order valence-electron chi connectivity index (χ3n) is 8.30. The predicted molar refractivity (Wildman–Crippen MR) is 184 cm³/mol. The zero-order valence-corrected chi connectivity index (χ0v) is 30.3. The molecule has 2 aliphatic rings. The molecule has 0 radical (unpaired) electrons. The number of hydrogen-bond donors (Lipinski definition) is 3. The Morgan fingerprint density at radius 2 is 1.98 bits per heavy atom. The van der Waals surface area contributed by atoms with Crippen LogP contribution >= 0.6 is 20.3 Å². The second-order valence-corrected chi connectivity index (χ2v) is 15.9. The third kappa shape index (κ3) is 10.9. The van der Waals surface area contributed by atoms with Gasteiger partial charge in [0, 0.05) is 55.8 Å². The first-order chi connectivity index (χ1) is 22.4. The van der Waals surface area contributed by atoms with E-state index in [0.717, 1.165) is 31.4 Å². The standard InChI is InChI=1S/C33H55N4O7PS/c1-8-36(23(2)3)45(42-7)44-26(20-38)21-43-19-11-18-34-29(39)13-10-9-12-28-30-27(22-46-28)37(32(41)35-30)31(40)24-14-16-25(17-15-24)33(4,5)6/h14-17,23,26-28,30,38H,8-13,18-22H2,1-7H3,(H,34,39)(H,35,41)/t26?,27-,28?,30-,45?/m0/s1/i38D. The highest BCUT2D eigenvalue weighted by Crippen LogP contribution is 2.44. The fraction of sp³-hybridized carbons (Fsp3) is 0.727. The van der Waals surface area contributed by atoms with Crippen LogP contribution in [-0.2, 0) is 24.0 Å². The van der Waals surface area contributed by atoms with Gasteiger partial charge in [-0.2, -0.15) is 11.8 Å². The number of benzene rings is 1. The molecule has 0 bridgehead atoms. The summed E-state index contributed by atoms with van der Waals surface area (Å²) in [4.78, 5) is 39.9.